The summed E-state index contributed by atoms with van der Waals surface area (Å²) in [5, 5.41) is 0. The average molecular weight is 617 g/mol. The van der Waals surface area contributed by atoms with Gasteiger partial charge in [-0.15, -0.1) is 45.8 Å². The summed E-state index contributed by atoms with van der Waals surface area (Å²) in [6, 6.07) is 13.8. The van der Waals surface area contributed by atoms with E-state index in [0.29, 0.717) is 32.2 Å². The van der Waals surface area contributed by atoms with Crippen molar-refractivity contribution in [2.24, 2.45) is 0 Å². The number of hydrogen-bond acceptors (Lipinski definition) is 7. The quantitative estimate of drug-likeness (QED) is 0.188. The molecule has 1 aliphatic heterocycles. The molecule has 0 saturated carbocycles. The van der Waals surface area contributed by atoms with E-state index in [0.717, 1.165) is 60.2 Å². The van der Waals surface area contributed by atoms with Crippen molar-refractivity contribution in [3.63, 3.8) is 0 Å². The lowest BCUT2D eigenvalue weighted by molar-refractivity contribution is -0.153. The van der Waals surface area contributed by atoms with Crippen LogP contribution in [0.4, 0.5) is 26.3 Å². The van der Waals surface area contributed by atoms with Crippen LogP contribution in [0.15, 0.2) is 54.6 Å². The molecule has 0 spiro atoms. The molecule has 1 atom stereocenters. The van der Waals surface area contributed by atoms with Gasteiger partial charge in [0.05, 0.1) is 11.7 Å². The number of fused-ring (bicyclic) bond motifs is 1. The second kappa shape index (κ2) is 9.19. The van der Waals surface area contributed by atoms with Crippen LogP contribution in [-0.4, -0.2) is 19.7 Å². The number of thiophene rings is 3. The Morgan fingerprint density at radius 1 is 0.684 bits per heavy atom. The molecule has 0 fully saturated rings. The third-order valence-electron chi connectivity index (χ3n) is 6.14. The van der Waals surface area contributed by atoms with Crippen molar-refractivity contribution in [3.8, 4) is 30.6 Å². The monoisotopic (exact) mass is 616 g/mol. The van der Waals surface area contributed by atoms with Crippen LogP contribution in [0, 0.1) is 0 Å². The highest BCUT2D eigenvalue weighted by atomic mass is 32.2. The van der Waals surface area contributed by atoms with Gasteiger partial charge in [0.1, 0.15) is 20.7 Å². The van der Waals surface area contributed by atoms with Crippen LogP contribution in [0.25, 0.3) is 46.6 Å². The number of nitrogens with zero attached hydrogens (tertiary/aromatic N) is 2. The van der Waals surface area contributed by atoms with E-state index in [2.05, 4.69) is 8.75 Å². The van der Waals surface area contributed by atoms with Gasteiger partial charge in [0.2, 0.25) is 0 Å². The number of thioether (sulfide) groups is 1. The van der Waals surface area contributed by atoms with Gasteiger partial charge in [-0.1, -0.05) is 18.2 Å². The molecular weight excluding hydrogens is 603 g/mol. The molecule has 196 valence electrons. The van der Waals surface area contributed by atoms with Crippen molar-refractivity contribution < 1.29 is 26.3 Å². The van der Waals surface area contributed by atoms with Crippen LogP contribution in [0.2, 0.25) is 0 Å². The number of halogens is 6. The summed E-state index contributed by atoms with van der Waals surface area (Å²) in [4.78, 5) is 3.77. The Labute approximate surface area is 233 Å². The predicted octanol–water partition coefficient (Wildman–Crippen LogP) is 10.7. The van der Waals surface area contributed by atoms with Gasteiger partial charge in [-0.2, -0.15) is 35.1 Å². The second-order valence-electron chi connectivity index (χ2n) is 8.71. The summed E-state index contributed by atoms with van der Waals surface area (Å²) in [6.07, 6.45) is -7.08. The summed E-state index contributed by atoms with van der Waals surface area (Å²) in [6.45, 7) is 1.22. The molecule has 0 aliphatic carbocycles. The molecule has 1 unspecified atom stereocenters. The highest BCUT2D eigenvalue weighted by Crippen LogP contribution is 2.56. The van der Waals surface area contributed by atoms with E-state index in [1.165, 1.54) is 35.7 Å². The van der Waals surface area contributed by atoms with Crippen molar-refractivity contribution in [2.75, 3.05) is 0 Å². The largest absolute Gasteiger partial charge is 0.425 e. The van der Waals surface area contributed by atoms with Crippen molar-refractivity contribution in [3.05, 3.63) is 64.4 Å². The maximum Gasteiger partial charge on any atom is 0.425 e. The van der Waals surface area contributed by atoms with Crippen LogP contribution in [0.1, 0.15) is 23.1 Å². The van der Waals surface area contributed by atoms with Crippen LogP contribution in [0.5, 0.6) is 0 Å². The first-order valence-electron chi connectivity index (χ1n) is 11.0. The molecule has 4 aromatic heterocycles. The summed E-state index contributed by atoms with van der Waals surface area (Å²) in [5.74, 6) is 0. The third kappa shape index (κ3) is 4.51. The molecular formula is C25H14F6N2S5. The molecule has 38 heavy (non-hydrogen) atoms. The molecule has 1 aromatic carbocycles. The van der Waals surface area contributed by atoms with Gasteiger partial charge in [0.15, 0.2) is 0 Å². The lowest BCUT2D eigenvalue weighted by atomic mass is 10.1. The van der Waals surface area contributed by atoms with Gasteiger partial charge in [-0.25, -0.2) is 0 Å². The Morgan fingerprint density at radius 3 is 1.76 bits per heavy atom. The Hall–Kier alpha value is -2.19. The molecule has 13 heteroatoms. The molecule has 0 amide bonds. The second-order valence-corrected chi connectivity index (χ2v) is 14.0. The first-order valence-corrected chi connectivity index (χ1v) is 15.0. The Kier molecular flexibility index (Phi) is 6.30. The van der Waals surface area contributed by atoms with Crippen LogP contribution >= 0.6 is 57.5 Å². The predicted molar refractivity (Wildman–Crippen MR) is 147 cm³/mol. The number of aromatic nitrogens is 2. The van der Waals surface area contributed by atoms with Gasteiger partial charge >= 0.3 is 12.4 Å². The number of rotatable bonds is 4. The van der Waals surface area contributed by atoms with Crippen LogP contribution in [0.3, 0.4) is 0 Å². The van der Waals surface area contributed by atoms with E-state index < -0.39 is 22.0 Å². The molecule has 0 N–H and O–H groups in total. The molecule has 0 saturated heterocycles. The lowest BCUT2D eigenvalue weighted by Gasteiger charge is -2.26. The standard InChI is InChI=1S/C25H14F6N2S5/c1-23(25(29,30)31)11-10-19(37-23)18-7-5-15(35-18)13-3-2-12(21-22(13)33-38-32-21)14-4-6-16(34-14)17-8-9-20(36-17)24(26,27)28/h2-10H,11H2,1H3. The Bertz CT molecular complexity index is 1690. The highest BCUT2D eigenvalue weighted by molar-refractivity contribution is 8.10. The van der Waals surface area contributed by atoms with Crippen molar-refractivity contribution in [1.82, 2.24) is 8.75 Å². The summed E-state index contributed by atoms with van der Waals surface area (Å²) < 4.78 is 86.6. The number of hydrogen-bond donors (Lipinski definition) is 0. The fraction of sp³-hybridized carbons (Fsp3) is 0.200. The van der Waals surface area contributed by atoms with E-state index >= 15 is 0 Å². The molecule has 5 aromatic rings. The van der Waals surface area contributed by atoms with Crippen LogP contribution in [-0.2, 0) is 6.18 Å². The Morgan fingerprint density at radius 2 is 1.21 bits per heavy atom. The molecule has 0 radical (unpaired) electrons. The van der Waals surface area contributed by atoms with Crippen molar-refractivity contribution in [2.45, 2.75) is 30.4 Å². The average Bonchev–Trinajstić information content (AvgIpc) is 3.66. The third-order valence-corrected chi connectivity index (χ3v) is 11.9. The van der Waals surface area contributed by atoms with Gasteiger partial charge in [-0.05, 0) is 49.7 Å². The molecule has 0 bridgehead atoms. The van der Waals surface area contributed by atoms with Crippen molar-refractivity contribution >= 4 is 73.4 Å². The topological polar surface area (TPSA) is 25.8 Å². The SMILES string of the molecule is CC1(C(F)(F)F)CC=C(c2ccc(-c3ccc(-c4ccc(-c5ccc(C(F)(F)F)s5)s4)c4nsnc34)s2)S1. The summed E-state index contributed by atoms with van der Waals surface area (Å²) >= 11 is 5.42. The Balaban J connectivity index is 1.30. The smallest absolute Gasteiger partial charge is 0.172 e. The van der Waals surface area contributed by atoms with E-state index in [9.17, 15) is 26.3 Å². The molecule has 1 aliphatic rings. The first kappa shape index (κ1) is 26.1. The normalized spacial score (nSPS) is 18.4. The number of alkyl halides is 6. The van der Waals surface area contributed by atoms with Gasteiger partial charge in [0, 0.05) is 40.4 Å². The summed E-state index contributed by atoms with van der Waals surface area (Å²) in [7, 11) is 0. The number of benzene rings is 1. The van der Waals surface area contributed by atoms with E-state index in [1.807, 2.05) is 30.3 Å². The van der Waals surface area contributed by atoms with Gasteiger partial charge in [-0.3, -0.25) is 0 Å². The maximum absolute atomic E-state index is 13.5. The fourth-order valence-corrected chi connectivity index (χ4v) is 8.95. The van der Waals surface area contributed by atoms with E-state index in [1.54, 1.807) is 12.1 Å². The van der Waals surface area contributed by atoms with Gasteiger partial charge in [0.25, 0.3) is 0 Å². The molecule has 6 rings (SSSR count). The zero-order valence-corrected chi connectivity index (χ0v) is 23.2. The number of allylic oxidation sites excluding steroid dienone is 1. The maximum atomic E-state index is 13.5. The first-order chi connectivity index (χ1) is 17.9. The minimum Gasteiger partial charge on any atom is -0.172 e. The summed E-state index contributed by atoms with van der Waals surface area (Å²) in [5.41, 5.74) is 3.02. The molecule has 5 heterocycles. The van der Waals surface area contributed by atoms with E-state index in [-0.39, 0.29) is 6.42 Å². The van der Waals surface area contributed by atoms with Crippen molar-refractivity contribution in [1.29, 1.82) is 0 Å². The minimum atomic E-state index is -4.37. The lowest BCUT2D eigenvalue weighted by Crippen LogP contribution is -2.36. The molecule has 2 nitrogen and oxygen atoms in total. The van der Waals surface area contributed by atoms with E-state index in [4.69, 9.17) is 0 Å². The minimum absolute atomic E-state index is 0.0650. The van der Waals surface area contributed by atoms with Gasteiger partial charge < -0.3 is 0 Å². The van der Waals surface area contributed by atoms with Crippen LogP contribution < -0.4 is 0 Å². The zero-order valence-electron chi connectivity index (χ0n) is 19.1. The zero-order chi connectivity index (χ0) is 26.9. The highest BCUT2D eigenvalue weighted by Gasteiger charge is 2.53. The fourth-order valence-electron chi connectivity index (χ4n) is 4.05.